The summed E-state index contributed by atoms with van der Waals surface area (Å²) in [7, 11) is 5.36. The van der Waals surface area contributed by atoms with Gasteiger partial charge in [0.05, 0.1) is 12.2 Å². The van der Waals surface area contributed by atoms with E-state index in [4.69, 9.17) is 0 Å². The van der Waals surface area contributed by atoms with Gasteiger partial charge >= 0.3 is 0 Å². The number of nitrogens with one attached hydrogen (secondary N) is 2. The largest absolute Gasteiger partial charge is 0.373 e. The molecule has 0 aromatic carbocycles. The molecule has 0 saturated heterocycles. The van der Waals surface area contributed by atoms with E-state index in [1.165, 1.54) is 0 Å². The highest BCUT2D eigenvalue weighted by Gasteiger charge is 2.06. The molecular formula is C11H18N4O. The van der Waals surface area contributed by atoms with Crippen molar-refractivity contribution >= 4 is 11.7 Å². The molecule has 5 heteroatoms. The van der Waals surface area contributed by atoms with Crippen LogP contribution in [0.3, 0.4) is 0 Å². The zero-order valence-corrected chi connectivity index (χ0v) is 9.95. The second kappa shape index (κ2) is 6.07. The summed E-state index contributed by atoms with van der Waals surface area (Å²) in [4.78, 5) is 17.4. The van der Waals surface area contributed by atoms with Crippen LogP contribution in [0, 0.1) is 0 Å². The van der Waals surface area contributed by atoms with Gasteiger partial charge in [-0.25, -0.2) is 4.98 Å². The van der Waals surface area contributed by atoms with Gasteiger partial charge in [-0.1, -0.05) is 6.07 Å². The molecule has 88 valence electrons. The van der Waals surface area contributed by atoms with Gasteiger partial charge in [-0.2, -0.15) is 0 Å². The standard InChI is InChI=1S/C11H18N4O/c1-12-10-6-4-5-9(14-10)7-15(3)8-11(16)13-2/h4-6H,7-8H2,1-3H3,(H,12,14)(H,13,16). The highest BCUT2D eigenvalue weighted by atomic mass is 16.1. The van der Waals surface area contributed by atoms with Gasteiger partial charge in [0.15, 0.2) is 0 Å². The molecule has 16 heavy (non-hydrogen) atoms. The molecule has 0 aliphatic carbocycles. The average molecular weight is 222 g/mol. The van der Waals surface area contributed by atoms with E-state index in [0.717, 1.165) is 11.5 Å². The highest BCUT2D eigenvalue weighted by molar-refractivity contribution is 5.77. The molecule has 0 fully saturated rings. The molecule has 0 saturated carbocycles. The molecule has 0 unspecified atom stereocenters. The summed E-state index contributed by atoms with van der Waals surface area (Å²) >= 11 is 0. The number of carbonyl (C=O) groups excluding carboxylic acids is 1. The van der Waals surface area contributed by atoms with Crippen LogP contribution in [0.5, 0.6) is 0 Å². The number of likely N-dealkylation sites (N-methyl/N-ethyl adjacent to an activating group) is 2. The molecule has 1 aromatic heterocycles. The van der Waals surface area contributed by atoms with Gasteiger partial charge < -0.3 is 10.6 Å². The van der Waals surface area contributed by atoms with Crippen LogP contribution in [-0.2, 0) is 11.3 Å². The van der Waals surface area contributed by atoms with Crippen LogP contribution in [0.15, 0.2) is 18.2 Å². The SMILES string of the molecule is CNC(=O)CN(C)Cc1cccc(NC)n1. The third-order valence-corrected chi connectivity index (χ3v) is 2.19. The molecule has 0 spiro atoms. The number of nitrogens with zero attached hydrogens (tertiary/aromatic N) is 2. The summed E-state index contributed by atoms with van der Waals surface area (Å²) in [5.41, 5.74) is 0.943. The molecule has 0 aliphatic rings. The van der Waals surface area contributed by atoms with Crippen molar-refractivity contribution in [2.45, 2.75) is 6.54 Å². The summed E-state index contributed by atoms with van der Waals surface area (Å²) in [6.07, 6.45) is 0. The third-order valence-electron chi connectivity index (χ3n) is 2.19. The molecular weight excluding hydrogens is 204 g/mol. The Hall–Kier alpha value is -1.62. The summed E-state index contributed by atoms with van der Waals surface area (Å²) in [6.45, 7) is 1.03. The summed E-state index contributed by atoms with van der Waals surface area (Å²) < 4.78 is 0. The van der Waals surface area contributed by atoms with Crippen LogP contribution in [0.2, 0.25) is 0 Å². The molecule has 2 N–H and O–H groups in total. The van der Waals surface area contributed by atoms with Crippen LogP contribution >= 0.6 is 0 Å². The Balaban J connectivity index is 2.55. The molecule has 0 aliphatic heterocycles. The second-order valence-corrected chi connectivity index (χ2v) is 3.61. The monoisotopic (exact) mass is 222 g/mol. The second-order valence-electron chi connectivity index (χ2n) is 3.61. The molecule has 1 aromatic rings. The third kappa shape index (κ3) is 3.86. The van der Waals surface area contributed by atoms with Gasteiger partial charge in [0, 0.05) is 20.6 Å². The quantitative estimate of drug-likeness (QED) is 0.752. The number of aromatic nitrogens is 1. The van der Waals surface area contributed by atoms with Crippen LogP contribution in [0.1, 0.15) is 5.69 Å². The van der Waals surface area contributed by atoms with Gasteiger partial charge in [0.1, 0.15) is 5.82 Å². The predicted molar refractivity (Wildman–Crippen MR) is 64.2 cm³/mol. The Kier molecular flexibility index (Phi) is 4.72. The highest BCUT2D eigenvalue weighted by Crippen LogP contribution is 2.05. The van der Waals surface area contributed by atoms with Crippen molar-refractivity contribution in [3.8, 4) is 0 Å². The van der Waals surface area contributed by atoms with Crippen molar-refractivity contribution in [3.63, 3.8) is 0 Å². The van der Waals surface area contributed by atoms with E-state index in [1.807, 2.05) is 37.2 Å². The first kappa shape index (κ1) is 12.4. The van der Waals surface area contributed by atoms with E-state index < -0.39 is 0 Å². The molecule has 0 atom stereocenters. The van der Waals surface area contributed by atoms with Crippen molar-refractivity contribution in [2.24, 2.45) is 0 Å². The first-order valence-electron chi connectivity index (χ1n) is 5.18. The van der Waals surface area contributed by atoms with Crippen molar-refractivity contribution in [1.29, 1.82) is 0 Å². The zero-order chi connectivity index (χ0) is 12.0. The Bertz CT molecular complexity index is 354. The van der Waals surface area contributed by atoms with E-state index in [1.54, 1.807) is 7.05 Å². The normalized spacial score (nSPS) is 10.2. The molecule has 5 nitrogen and oxygen atoms in total. The van der Waals surface area contributed by atoms with Crippen molar-refractivity contribution in [1.82, 2.24) is 15.2 Å². The van der Waals surface area contributed by atoms with E-state index in [0.29, 0.717) is 13.1 Å². The van der Waals surface area contributed by atoms with Gasteiger partial charge in [-0.15, -0.1) is 0 Å². The first-order valence-corrected chi connectivity index (χ1v) is 5.18. The predicted octanol–water partition coefficient (Wildman–Crippen LogP) is 0.301. The lowest BCUT2D eigenvalue weighted by Crippen LogP contribution is -2.32. The number of hydrogen-bond donors (Lipinski definition) is 2. The Morgan fingerprint density at radius 2 is 2.19 bits per heavy atom. The van der Waals surface area contributed by atoms with Gasteiger partial charge in [0.2, 0.25) is 5.91 Å². The summed E-state index contributed by atoms with van der Waals surface area (Å²) in [5, 5.41) is 5.57. The maximum absolute atomic E-state index is 11.2. The lowest BCUT2D eigenvalue weighted by Gasteiger charge is -2.15. The lowest BCUT2D eigenvalue weighted by atomic mass is 10.3. The Morgan fingerprint density at radius 3 is 2.81 bits per heavy atom. The first-order chi connectivity index (χ1) is 7.65. The Morgan fingerprint density at radius 1 is 1.44 bits per heavy atom. The van der Waals surface area contributed by atoms with E-state index >= 15 is 0 Å². The average Bonchev–Trinajstić information content (AvgIpc) is 2.28. The minimum Gasteiger partial charge on any atom is -0.373 e. The van der Waals surface area contributed by atoms with Gasteiger partial charge in [0.25, 0.3) is 0 Å². The van der Waals surface area contributed by atoms with E-state index in [9.17, 15) is 4.79 Å². The molecule has 0 bridgehead atoms. The summed E-state index contributed by atoms with van der Waals surface area (Å²) in [6, 6.07) is 5.80. The number of anilines is 1. The number of rotatable bonds is 5. The molecule has 0 radical (unpaired) electrons. The minimum absolute atomic E-state index is 0.00673. The minimum atomic E-state index is 0.00673. The fourth-order valence-electron chi connectivity index (χ4n) is 1.36. The summed E-state index contributed by atoms with van der Waals surface area (Å²) in [5.74, 6) is 0.845. The lowest BCUT2D eigenvalue weighted by molar-refractivity contribution is -0.121. The van der Waals surface area contributed by atoms with Crippen LogP contribution in [-0.4, -0.2) is 43.5 Å². The van der Waals surface area contributed by atoms with Crippen molar-refractivity contribution in [3.05, 3.63) is 23.9 Å². The zero-order valence-electron chi connectivity index (χ0n) is 9.95. The number of carbonyl (C=O) groups is 1. The number of pyridine rings is 1. The molecule has 1 amide bonds. The maximum atomic E-state index is 11.2. The smallest absolute Gasteiger partial charge is 0.233 e. The van der Waals surface area contributed by atoms with E-state index in [2.05, 4.69) is 15.6 Å². The number of hydrogen-bond acceptors (Lipinski definition) is 4. The molecule has 1 rings (SSSR count). The van der Waals surface area contributed by atoms with Crippen molar-refractivity contribution < 1.29 is 4.79 Å². The molecule has 1 heterocycles. The fourth-order valence-corrected chi connectivity index (χ4v) is 1.36. The van der Waals surface area contributed by atoms with Crippen molar-refractivity contribution in [2.75, 3.05) is 33.0 Å². The number of amides is 1. The van der Waals surface area contributed by atoms with Crippen LogP contribution in [0.25, 0.3) is 0 Å². The van der Waals surface area contributed by atoms with Crippen LogP contribution < -0.4 is 10.6 Å². The topological polar surface area (TPSA) is 57.3 Å². The maximum Gasteiger partial charge on any atom is 0.233 e. The fraction of sp³-hybridized carbons (Fsp3) is 0.455. The van der Waals surface area contributed by atoms with E-state index in [-0.39, 0.29) is 5.91 Å². The Labute approximate surface area is 95.9 Å². The van der Waals surface area contributed by atoms with Gasteiger partial charge in [-0.05, 0) is 19.2 Å². The van der Waals surface area contributed by atoms with Crippen LogP contribution in [0.4, 0.5) is 5.82 Å². The van der Waals surface area contributed by atoms with Gasteiger partial charge in [-0.3, -0.25) is 9.69 Å².